The molecule has 4 aromatic rings. The summed E-state index contributed by atoms with van der Waals surface area (Å²) < 4.78 is 25.9. The van der Waals surface area contributed by atoms with Gasteiger partial charge in [-0.25, -0.2) is 4.39 Å². The highest BCUT2D eigenvalue weighted by molar-refractivity contribution is 6.07. The fourth-order valence-electron chi connectivity index (χ4n) is 4.30. The smallest absolute Gasteiger partial charge is 0.277 e. The average molecular weight is 520 g/mol. The van der Waals surface area contributed by atoms with Gasteiger partial charge in [0.1, 0.15) is 28.5 Å². The Morgan fingerprint density at radius 2 is 1.79 bits per heavy atom. The molecular formula is C29H30FN3O5. The van der Waals surface area contributed by atoms with E-state index < -0.39 is 17.3 Å². The van der Waals surface area contributed by atoms with E-state index in [1.807, 2.05) is 6.92 Å². The molecule has 0 bridgehead atoms. The first-order valence-corrected chi connectivity index (χ1v) is 12.2. The Kier molecular flexibility index (Phi) is 8.38. The van der Waals surface area contributed by atoms with E-state index in [9.17, 15) is 19.1 Å². The number of aliphatic hydroxyl groups excluding tert-OH is 1. The Morgan fingerprint density at radius 3 is 2.42 bits per heavy atom. The van der Waals surface area contributed by atoms with E-state index in [2.05, 4.69) is 10.3 Å². The average Bonchev–Trinajstić information content (AvgIpc) is 2.95. The second-order valence-electron chi connectivity index (χ2n) is 9.07. The molecule has 4 rings (SSSR count). The van der Waals surface area contributed by atoms with Crippen molar-refractivity contribution in [1.29, 1.82) is 0 Å². The zero-order chi connectivity index (χ0) is 27.2. The van der Waals surface area contributed by atoms with Crippen molar-refractivity contribution in [3.05, 3.63) is 88.2 Å². The second kappa shape index (κ2) is 11.9. The van der Waals surface area contributed by atoms with Crippen molar-refractivity contribution in [2.75, 3.05) is 20.8 Å². The summed E-state index contributed by atoms with van der Waals surface area (Å²) in [5.74, 6) is 0.167. The zero-order valence-electron chi connectivity index (χ0n) is 21.5. The number of benzene rings is 2. The van der Waals surface area contributed by atoms with E-state index in [1.54, 1.807) is 56.7 Å². The van der Waals surface area contributed by atoms with Crippen molar-refractivity contribution in [2.24, 2.45) is 5.92 Å². The van der Waals surface area contributed by atoms with Crippen LogP contribution in [0, 0.1) is 11.7 Å². The van der Waals surface area contributed by atoms with Crippen LogP contribution >= 0.6 is 0 Å². The number of carbonyl (C=O) groups excluding carboxylic acids is 1. The van der Waals surface area contributed by atoms with Crippen LogP contribution in [0.3, 0.4) is 0 Å². The molecule has 0 unspecified atom stereocenters. The molecule has 0 aliphatic rings. The maximum absolute atomic E-state index is 13.8. The lowest BCUT2D eigenvalue weighted by molar-refractivity contribution is 0.0940. The van der Waals surface area contributed by atoms with Crippen LogP contribution in [0.25, 0.3) is 22.0 Å². The number of hydrogen-bond acceptors (Lipinski definition) is 6. The standard InChI is InChI=1S/C29H30FN3O5/c1-18(17-34)10-12-33-27(28(35)32-16-19-13-22(37-2)15-23(14-19)38-3)25(20-6-8-21(30)9-7-20)24-5-4-11-31-26(24)29(33)36/h4-9,11,13-15,18,34H,10,12,16-17H2,1-3H3,(H,32,35)/t18-/m1/s1. The molecule has 1 amide bonds. The van der Waals surface area contributed by atoms with Gasteiger partial charge in [-0.15, -0.1) is 0 Å². The van der Waals surface area contributed by atoms with Gasteiger partial charge in [0.15, 0.2) is 0 Å². The van der Waals surface area contributed by atoms with E-state index in [0.29, 0.717) is 34.4 Å². The highest BCUT2D eigenvalue weighted by atomic mass is 19.1. The predicted octanol–water partition coefficient (Wildman–Crippen LogP) is 4.17. The van der Waals surface area contributed by atoms with Crippen LogP contribution in [0.1, 0.15) is 29.4 Å². The van der Waals surface area contributed by atoms with E-state index in [-0.39, 0.29) is 36.8 Å². The fraction of sp³-hybridized carbons (Fsp3) is 0.276. The number of halogens is 1. The molecule has 2 N–H and O–H groups in total. The quantitative estimate of drug-likeness (QED) is 0.326. The number of pyridine rings is 2. The summed E-state index contributed by atoms with van der Waals surface area (Å²) in [6, 6.07) is 14.5. The Morgan fingerprint density at radius 1 is 1.11 bits per heavy atom. The minimum atomic E-state index is -0.481. The normalized spacial score (nSPS) is 11.8. The Hall–Kier alpha value is -4.24. The number of fused-ring (bicyclic) bond motifs is 1. The largest absolute Gasteiger partial charge is 0.497 e. The summed E-state index contributed by atoms with van der Waals surface area (Å²) in [6.07, 6.45) is 1.99. The number of amides is 1. The first-order chi connectivity index (χ1) is 18.4. The van der Waals surface area contributed by atoms with Gasteiger partial charge in [-0.3, -0.25) is 14.6 Å². The molecule has 38 heavy (non-hydrogen) atoms. The number of carbonyl (C=O) groups is 1. The summed E-state index contributed by atoms with van der Waals surface area (Å²) >= 11 is 0. The molecule has 0 aliphatic heterocycles. The molecule has 198 valence electrons. The van der Waals surface area contributed by atoms with Gasteiger partial charge >= 0.3 is 0 Å². The lowest BCUT2D eigenvalue weighted by Crippen LogP contribution is -2.34. The molecule has 2 aromatic heterocycles. The molecule has 9 heteroatoms. The number of methoxy groups -OCH3 is 2. The molecule has 8 nitrogen and oxygen atoms in total. The minimum Gasteiger partial charge on any atom is -0.497 e. The topological polar surface area (TPSA) is 103 Å². The van der Waals surface area contributed by atoms with Crippen LogP contribution in [0.4, 0.5) is 4.39 Å². The van der Waals surface area contributed by atoms with Gasteiger partial charge in [0.25, 0.3) is 11.5 Å². The van der Waals surface area contributed by atoms with Crippen molar-refractivity contribution < 1.29 is 23.8 Å². The summed E-state index contributed by atoms with van der Waals surface area (Å²) in [4.78, 5) is 31.7. The van der Waals surface area contributed by atoms with Crippen molar-refractivity contribution in [3.8, 4) is 22.6 Å². The molecule has 0 radical (unpaired) electrons. The fourth-order valence-corrected chi connectivity index (χ4v) is 4.30. The van der Waals surface area contributed by atoms with Gasteiger partial charge < -0.3 is 24.5 Å². The third-order valence-electron chi connectivity index (χ3n) is 6.40. The van der Waals surface area contributed by atoms with Crippen molar-refractivity contribution in [3.63, 3.8) is 0 Å². The van der Waals surface area contributed by atoms with E-state index >= 15 is 0 Å². The number of aliphatic hydroxyl groups is 1. The van der Waals surface area contributed by atoms with Crippen molar-refractivity contribution in [1.82, 2.24) is 14.9 Å². The summed E-state index contributed by atoms with van der Waals surface area (Å²) in [5, 5.41) is 13.0. The first-order valence-electron chi connectivity index (χ1n) is 12.2. The van der Waals surface area contributed by atoms with Crippen molar-refractivity contribution in [2.45, 2.75) is 26.4 Å². The molecule has 0 saturated heterocycles. The number of ether oxygens (including phenoxy) is 2. The summed E-state index contributed by atoms with van der Waals surface area (Å²) in [5.41, 5.74) is 1.72. The van der Waals surface area contributed by atoms with Crippen LogP contribution in [-0.2, 0) is 13.1 Å². The van der Waals surface area contributed by atoms with E-state index in [4.69, 9.17) is 9.47 Å². The number of nitrogens with zero attached hydrogens (tertiary/aromatic N) is 2. The lowest BCUT2D eigenvalue weighted by atomic mass is 9.97. The van der Waals surface area contributed by atoms with Gasteiger partial charge in [-0.2, -0.15) is 0 Å². The lowest BCUT2D eigenvalue weighted by Gasteiger charge is -2.20. The summed E-state index contributed by atoms with van der Waals surface area (Å²) in [7, 11) is 3.09. The molecule has 1 atom stereocenters. The molecule has 0 spiro atoms. The minimum absolute atomic E-state index is 0.0510. The molecule has 0 fully saturated rings. The molecule has 0 aliphatic carbocycles. The molecular weight excluding hydrogens is 489 g/mol. The maximum atomic E-state index is 13.8. The monoisotopic (exact) mass is 519 g/mol. The Bertz CT molecular complexity index is 1480. The Balaban J connectivity index is 1.86. The first kappa shape index (κ1) is 26.8. The van der Waals surface area contributed by atoms with E-state index in [1.165, 1.54) is 22.9 Å². The third-order valence-corrected chi connectivity index (χ3v) is 6.40. The molecule has 0 saturated carbocycles. The van der Waals surface area contributed by atoms with Crippen LogP contribution in [0.5, 0.6) is 11.5 Å². The number of rotatable bonds is 10. The second-order valence-corrected chi connectivity index (χ2v) is 9.07. The SMILES string of the molecule is COc1cc(CNC(=O)c2c(-c3ccc(F)cc3)c3cccnc3c(=O)n2CC[C@@H](C)CO)cc(OC)c1. The maximum Gasteiger partial charge on any atom is 0.277 e. The van der Waals surface area contributed by atoms with E-state index in [0.717, 1.165) is 5.56 Å². The van der Waals surface area contributed by atoms with Gasteiger partial charge in [0.2, 0.25) is 0 Å². The van der Waals surface area contributed by atoms with Gasteiger partial charge in [-0.1, -0.05) is 25.1 Å². The van der Waals surface area contributed by atoms with Crippen LogP contribution in [-0.4, -0.2) is 41.4 Å². The number of nitrogens with one attached hydrogen (secondary N) is 1. The van der Waals surface area contributed by atoms with Gasteiger partial charge in [0.05, 0.1) is 14.2 Å². The zero-order valence-corrected chi connectivity index (χ0v) is 21.5. The third kappa shape index (κ3) is 5.68. The van der Waals surface area contributed by atoms with Gasteiger partial charge in [0, 0.05) is 42.9 Å². The predicted molar refractivity (Wildman–Crippen MR) is 143 cm³/mol. The molecule has 2 heterocycles. The van der Waals surface area contributed by atoms with Crippen LogP contribution < -0.4 is 20.3 Å². The highest BCUT2D eigenvalue weighted by Crippen LogP contribution is 2.31. The number of hydrogen-bond donors (Lipinski definition) is 2. The van der Waals surface area contributed by atoms with Crippen molar-refractivity contribution >= 4 is 16.8 Å². The van der Waals surface area contributed by atoms with Crippen LogP contribution in [0.15, 0.2) is 65.6 Å². The van der Waals surface area contributed by atoms with Gasteiger partial charge in [-0.05, 0) is 53.8 Å². The highest BCUT2D eigenvalue weighted by Gasteiger charge is 2.24. The van der Waals surface area contributed by atoms with Crippen LogP contribution in [0.2, 0.25) is 0 Å². The number of aromatic nitrogens is 2. The summed E-state index contributed by atoms with van der Waals surface area (Å²) in [6.45, 7) is 2.14. The molecule has 2 aromatic carbocycles. The Labute approximate surface area is 219 Å².